The molecule has 1 aliphatic heterocycles. The Morgan fingerprint density at radius 2 is 2.17 bits per heavy atom. The number of nitro groups is 1. The number of aliphatic hydroxyl groups is 1. The average Bonchev–Trinajstić information content (AvgIpc) is 2.56. The van der Waals surface area contributed by atoms with Gasteiger partial charge in [0.25, 0.3) is 5.69 Å². The molecule has 6 nitrogen and oxygen atoms in total. The van der Waals surface area contributed by atoms with Gasteiger partial charge in [-0.25, -0.2) is 0 Å². The van der Waals surface area contributed by atoms with Gasteiger partial charge in [-0.2, -0.15) is 0 Å². The normalized spacial score (nSPS) is 21.4. The Kier molecular flexibility index (Phi) is 6.36. The van der Waals surface area contributed by atoms with Gasteiger partial charge in [-0.05, 0) is 36.5 Å². The fourth-order valence-electron chi connectivity index (χ4n) is 3.28. The minimum atomic E-state index is -0.388. The summed E-state index contributed by atoms with van der Waals surface area (Å²) in [5.74, 6) is 0.526. The average molecular weight is 322 g/mol. The summed E-state index contributed by atoms with van der Waals surface area (Å²) >= 11 is 0. The van der Waals surface area contributed by atoms with E-state index in [1.54, 1.807) is 12.1 Å². The molecule has 0 bridgehead atoms. The van der Waals surface area contributed by atoms with Crippen LogP contribution in [-0.4, -0.2) is 28.8 Å². The van der Waals surface area contributed by atoms with Crippen molar-refractivity contribution in [1.29, 1.82) is 0 Å². The topological polar surface area (TPSA) is 84.6 Å². The third-order valence-corrected chi connectivity index (χ3v) is 4.69. The molecule has 0 amide bonds. The number of nitro benzene ring substituents is 1. The van der Waals surface area contributed by atoms with Gasteiger partial charge in [-0.15, -0.1) is 0 Å². The Morgan fingerprint density at radius 1 is 1.43 bits per heavy atom. The van der Waals surface area contributed by atoms with Gasteiger partial charge in [-0.1, -0.05) is 26.7 Å². The van der Waals surface area contributed by atoms with Crippen molar-refractivity contribution in [2.24, 2.45) is 5.92 Å². The van der Waals surface area contributed by atoms with Crippen molar-refractivity contribution >= 4 is 11.4 Å². The number of aliphatic hydroxyl groups excluding tert-OH is 1. The highest BCUT2D eigenvalue weighted by atomic mass is 16.6. The van der Waals surface area contributed by atoms with E-state index in [0.29, 0.717) is 23.8 Å². The summed E-state index contributed by atoms with van der Waals surface area (Å²) in [6, 6.07) is 4.85. The Hall–Kier alpha value is -1.66. The fraction of sp³-hybridized carbons (Fsp3) is 0.647. The highest BCUT2D eigenvalue weighted by molar-refractivity contribution is 5.63. The standard InChI is InChI=1S/C17H26N2O4/c1-3-13(4-2)17-10-14(7-8-23-17)18-15-9-12(11-20)5-6-16(15)19(21)22/h5-6,9,13-14,17-18,20H,3-4,7-8,10-11H2,1-2H3. The van der Waals surface area contributed by atoms with Crippen LogP contribution in [0.15, 0.2) is 18.2 Å². The third-order valence-electron chi connectivity index (χ3n) is 4.69. The maximum atomic E-state index is 11.2. The maximum Gasteiger partial charge on any atom is 0.292 e. The van der Waals surface area contributed by atoms with Gasteiger partial charge in [-0.3, -0.25) is 10.1 Å². The van der Waals surface area contributed by atoms with Crippen LogP contribution in [0, 0.1) is 16.0 Å². The number of rotatable bonds is 7. The van der Waals surface area contributed by atoms with E-state index in [-0.39, 0.29) is 29.4 Å². The van der Waals surface area contributed by atoms with E-state index in [2.05, 4.69) is 19.2 Å². The number of nitrogens with zero attached hydrogens (tertiary/aromatic N) is 1. The lowest BCUT2D eigenvalue weighted by Crippen LogP contribution is -2.38. The van der Waals surface area contributed by atoms with Crippen molar-refractivity contribution in [3.63, 3.8) is 0 Å². The van der Waals surface area contributed by atoms with Crippen LogP contribution in [0.25, 0.3) is 0 Å². The first-order valence-corrected chi connectivity index (χ1v) is 8.35. The number of hydrogen-bond donors (Lipinski definition) is 2. The zero-order valence-electron chi connectivity index (χ0n) is 13.8. The van der Waals surface area contributed by atoms with Crippen molar-refractivity contribution in [2.45, 2.75) is 58.3 Å². The van der Waals surface area contributed by atoms with E-state index >= 15 is 0 Å². The first-order chi connectivity index (χ1) is 11.1. The summed E-state index contributed by atoms with van der Waals surface area (Å²) < 4.78 is 5.90. The minimum Gasteiger partial charge on any atom is -0.392 e. The summed E-state index contributed by atoms with van der Waals surface area (Å²) in [6.07, 6.45) is 4.04. The van der Waals surface area contributed by atoms with Crippen LogP contribution in [0.5, 0.6) is 0 Å². The number of benzene rings is 1. The van der Waals surface area contributed by atoms with Crippen molar-refractivity contribution in [2.75, 3.05) is 11.9 Å². The Morgan fingerprint density at radius 3 is 2.78 bits per heavy atom. The Labute approximate surface area is 137 Å². The number of nitrogens with one attached hydrogen (secondary N) is 1. The van der Waals surface area contributed by atoms with Crippen molar-refractivity contribution in [1.82, 2.24) is 0 Å². The van der Waals surface area contributed by atoms with Gasteiger partial charge in [0.2, 0.25) is 0 Å². The molecule has 0 aromatic heterocycles. The highest BCUT2D eigenvalue weighted by Crippen LogP contribution is 2.31. The van der Waals surface area contributed by atoms with Crippen molar-refractivity contribution in [3.05, 3.63) is 33.9 Å². The van der Waals surface area contributed by atoms with Crippen molar-refractivity contribution < 1.29 is 14.8 Å². The molecule has 0 spiro atoms. The molecule has 0 saturated carbocycles. The summed E-state index contributed by atoms with van der Waals surface area (Å²) in [7, 11) is 0. The molecule has 1 aliphatic rings. The molecule has 1 aromatic carbocycles. The maximum absolute atomic E-state index is 11.2. The molecule has 0 radical (unpaired) electrons. The largest absolute Gasteiger partial charge is 0.392 e. The van der Waals surface area contributed by atoms with Crippen LogP contribution in [0.2, 0.25) is 0 Å². The van der Waals surface area contributed by atoms with Crippen molar-refractivity contribution in [3.8, 4) is 0 Å². The first kappa shape index (κ1) is 17.7. The van der Waals surface area contributed by atoms with Crippen LogP contribution in [0.4, 0.5) is 11.4 Å². The molecule has 128 valence electrons. The fourth-order valence-corrected chi connectivity index (χ4v) is 3.28. The van der Waals surface area contributed by atoms with Gasteiger partial charge in [0.15, 0.2) is 0 Å². The van der Waals surface area contributed by atoms with E-state index in [1.807, 2.05) is 0 Å². The lowest BCUT2D eigenvalue weighted by Gasteiger charge is -2.34. The van der Waals surface area contributed by atoms with Crippen LogP contribution < -0.4 is 5.32 Å². The molecule has 1 fully saturated rings. The molecule has 2 unspecified atom stereocenters. The minimum absolute atomic E-state index is 0.0489. The second-order valence-electron chi connectivity index (χ2n) is 6.12. The molecule has 23 heavy (non-hydrogen) atoms. The first-order valence-electron chi connectivity index (χ1n) is 8.35. The van der Waals surface area contributed by atoms with Crippen LogP contribution >= 0.6 is 0 Å². The summed E-state index contributed by atoms with van der Waals surface area (Å²) in [6.45, 7) is 4.89. The van der Waals surface area contributed by atoms with E-state index < -0.39 is 0 Å². The van der Waals surface area contributed by atoms with Crippen LogP contribution in [0.3, 0.4) is 0 Å². The molecule has 2 rings (SSSR count). The molecular weight excluding hydrogens is 296 g/mol. The smallest absolute Gasteiger partial charge is 0.292 e. The lowest BCUT2D eigenvalue weighted by atomic mass is 9.89. The van der Waals surface area contributed by atoms with Gasteiger partial charge < -0.3 is 15.2 Å². The van der Waals surface area contributed by atoms with Gasteiger partial charge in [0, 0.05) is 18.7 Å². The zero-order chi connectivity index (χ0) is 16.8. The second kappa shape index (κ2) is 8.26. The Bertz CT molecular complexity index is 531. The molecule has 2 atom stereocenters. The van der Waals surface area contributed by atoms with E-state index in [9.17, 15) is 15.2 Å². The predicted octanol–water partition coefficient (Wildman–Crippen LogP) is 3.48. The molecule has 1 saturated heterocycles. The van der Waals surface area contributed by atoms with Gasteiger partial charge >= 0.3 is 0 Å². The SMILES string of the molecule is CCC(CC)C1CC(Nc2cc(CO)ccc2[N+](=O)[O-])CCO1. The Balaban J connectivity index is 2.13. The third kappa shape index (κ3) is 4.42. The quantitative estimate of drug-likeness (QED) is 0.593. The molecule has 1 aromatic rings. The van der Waals surface area contributed by atoms with Gasteiger partial charge in [0.1, 0.15) is 5.69 Å². The molecule has 2 N–H and O–H groups in total. The molecule has 0 aliphatic carbocycles. The molecule has 1 heterocycles. The highest BCUT2D eigenvalue weighted by Gasteiger charge is 2.28. The summed E-state index contributed by atoms with van der Waals surface area (Å²) in [4.78, 5) is 10.8. The monoisotopic (exact) mass is 322 g/mol. The predicted molar refractivity (Wildman–Crippen MR) is 89.5 cm³/mol. The summed E-state index contributed by atoms with van der Waals surface area (Å²) in [5, 5.41) is 23.8. The van der Waals surface area contributed by atoms with Gasteiger partial charge in [0.05, 0.1) is 17.6 Å². The van der Waals surface area contributed by atoms with E-state index in [1.165, 1.54) is 6.07 Å². The van der Waals surface area contributed by atoms with Crippen LogP contribution in [-0.2, 0) is 11.3 Å². The van der Waals surface area contributed by atoms with Crippen LogP contribution in [0.1, 0.15) is 45.1 Å². The number of anilines is 1. The van der Waals surface area contributed by atoms with E-state index in [4.69, 9.17) is 4.74 Å². The lowest BCUT2D eigenvalue weighted by molar-refractivity contribution is -0.384. The number of ether oxygens (including phenoxy) is 1. The molecular formula is C17H26N2O4. The summed E-state index contributed by atoms with van der Waals surface area (Å²) in [5.41, 5.74) is 1.20. The zero-order valence-corrected chi connectivity index (χ0v) is 13.8. The second-order valence-corrected chi connectivity index (χ2v) is 6.12. The molecule has 6 heteroatoms. The van der Waals surface area contributed by atoms with E-state index in [0.717, 1.165) is 25.7 Å². The number of hydrogen-bond acceptors (Lipinski definition) is 5.